The summed E-state index contributed by atoms with van der Waals surface area (Å²) in [6.45, 7) is 2.58. The molecule has 0 radical (unpaired) electrons. The van der Waals surface area contributed by atoms with Crippen LogP contribution in [0.3, 0.4) is 0 Å². The van der Waals surface area contributed by atoms with Crippen molar-refractivity contribution >= 4 is 16.9 Å². The zero-order valence-electron chi connectivity index (χ0n) is 14.7. The first-order valence-corrected chi connectivity index (χ1v) is 8.87. The minimum atomic E-state index is 0.179. The fraction of sp³-hybridized carbons (Fsp3) is 0.333. The van der Waals surface area contributed by atoms with Crippen molar-refractivity contribution in [2.45, 2.75) is 38.6 Å². The van der Waals surface area contributed by atoms with Gasteiger partial charge in [-0.15, -0.1) is 0 Å². The highest BCUT2D eigenvalue weighted by Crippen LogP contribution is 2.35. The SMILES string of the molecule is Cc1ccc2nc(CN(C)C(=O)C[C@H]3CCc4ccccc43)[nH]c2c1. The number of nitrogens with zero attached hydrogens (tertiary/aromatic N) is 2. The highest BCUT2D eigenvalue weighted by Gasteiger charge is 2.25. The van der Waals surface area contributed by atoms with Crippen molar-refractivity contribution in [3.8, 4) is 0 Å². The van der Waals surface area contributed by atoms with Gasteiger partial charge in [-0.3, -0.25) is 4.79 Å². The van der Waals surface area contributed by atoms with Crippen LogP contribution in [0.5, 0.6) is 0 Å². The number of aromatic nitrogens is 2. The summed E-state index contributed by atoms with van der Waals surface area (Å²) in [7, 11) is 1.86. The van der Waals surface area contributed by atoms with E-state index in [1.807, 2.05) is 13.1 Å². The van der Waals surface area contributed by atoms with Crippen LogP contribution in [0.1, 0.15) is 41.3 Å². The van der Waals surface area contributed by atoms with Gasteiger partial charge in [-0.1, -0.05) is 30.3 Å². The first kappa shape index (κ1) is 15.9. The lowest BCUT2D eigenvalue weighted by molar-refractivity contribution is -0.130. The molecule has 1 heterocycles. The molecule has 1 aromatic heterocycles. The molecule has 1 amide bonds. The lowest BCUT2D eigenvalue weighted by Crippen LogP contribution is -2.27. The fourth-order valence-corrected chi connectivity index (χ4v) is 3.79. The number of hydrogen-bond donors (Lipinski definition) is 1. The Morgan fingerprint density at radius 1 is 1.28 bits per heavy atom. The molecule has 1 atom stereocenters. The van der Waals surface area contributed by atoms with Crippen LogP contribution in [0.4, 0.5) is 0 Å². The van der Waals surface area contributed by atoms with Gasteiger partial charge >= 0.3 is 0 Å². The minimum absolute atomic E-state index is 0.179. The first-order valence-electron chi connectivity index (χ1n) is 8.87. The molecule has 0 unspecified atom stereocenters. The number of aromatic amines is 1. The largest absolute Gasteiger partial charge is 0.340 e. The number of imidazole rings is 1. The number of fused-ring (bicyclic) bond motifs is 2. The topological polar surface area (TPSA) is 49.0 Å². The highest BCUT2D eigenvalue weighted by atomic mass is 16.2. The van der Waals surface area contributed by atoms with Gasteiger partial charge < -0.3 is 9.88 Å². The summed E-state index contributed by atoms with van der Waals surface area (Å²) in [5.41, 5.74) is 5.93. The van der Waals surface area contributed by atoms with Crippen molar-refractivity contribution < 1.29 is 4.79 Å². The molecule has 4 nitrogen and oxygen atoms in total. The third-order valence-corrected chi connectivity index (χ3v) is 5.18. The molecule has 4 heteroatoms. The number of aryl methyl sites for hydroxylation is 2. The zero-order chi connectivity index (χ0) is 17.4. The molecule has 1 N–H and O–H groups in total. The number of benzene rings is 2. The first-order chi connectivity index (χ1) is 12.1. The van der Waals surface area contributed by atoms with E-state index in [0.29, 0.717) is 18.9 Å². The molecule has 0 saturated heterocycles. The van der Waals surface area contributed by atoms with Crippen molar-refractivity contribution in [3.63, 3.8) is 0 Å². The zero-order valence-corrected chi connectivity index (χ0v) is 14.7. The number of carbonyl (C=O) groups is 1. The Balaban J connectivity index is 1.43. The Kier molecular flexibility index (Phi) is 4.04. The van der Waals surface area contributed by atoms with Crippen LogP contribution in [0, 0.1) is 6.92 Å². The predicted octanol–water partition coefficient (Wildman–Crippen LogP) is 3.95. The molecule has 0 saturated carbocycles. The van der Waals surface area contributed by atoms with Crippen molar-refractivity contribution in [1.82, 2.24) is 14.9 Å². The van der Waals surface area contributed by atoms with Gasteiger partial charge in [-0.2, -0.15) is 0 Å². The van der Waals surface area contributed by atoms with Crippen LogP contribution in [-0.4, -0.2) is 27.8 Å². The third-order valence-electron chi connectivity index (χ3n) is 5.18. The second-order valence-corrected chi connectivity index (χ2v) is 7.09. The molecule has 4 rings (SSSR count). The van der Waals surface area contributed by atoms with Crippen LogP contribution in [-0.2, 0) is 17.8 Å². The number of hydrogen-bond acceptors (Lipinski definition) is 2. The average Bonchev–Trinajstić information content (AvgIpc) is 3.18. The van der Waals surface area contributed by atoms with Crippen molar-refractivity contribution in [2.75, 3.05) is 7.05 Å². The van der Waals surface area contributed by atoms with Crippen molar-refractivity contribution in [3.05, 3.63) is 65.0 Å². The molecule has 3 aromatic rings. The van der Waals surface area contributed by atoms with Crippen LogP contribution in [0.15, 0.2) is 42.5 Å². The summed E-state index contributed by atoms with van der Waals surface area (Å²) >= 11 is 0. The second-order valence-electron chi connectivity index (χ2n) is 7.09. The van der Waals surface area contributed by atoms with E-state index in [0.717, 1.165) is 29.7 Å². The monoisotopic (exact) mass is 333 g/mol. The predicted molar refractivity (Wildman–Crippen MR) is 99.4 cm³/mol. The highest BCUT2D eigenvalue weighted by molar-refractivity contribution is 5.78. The molecular weight excluding hydrogens is 310 g/mol. The smallest absolute Gasteiger partial charge is 0.223 e. The number of H-pyrrole nitrogens is 1. The van der Waals surface area contributed by atoms with Gasteiger partial charge in [0.15, 0.2) is 0 Å². The Labute approximate surface area is 147 Å². The number of rotatable bonds is 4. The van der Waals surface area contributed by atoms with E-state index in [-0.39, 0.29) is 5.91 Å². The fourth-order valence-electron chi connectivity index (χ4n) is 3.79. The Bertz CT molecular complexity index is 928. The molecule has 2 aromatic carbocycles. The second kappa shape index (κ2) is 6.36. The van der Waals surface area contributed by atoms with Gasteiger partial charge in [0.2, 0.25) is 5.91 Å². The normalized spacial score (nSPS) is 16.2. The van der Waals surface area contributed by atoms with Gasteiger partial charge in [-0.05, 0) is 54.5 Å². The molecule has 0 bridgehead atoms. The maximum absolute atomic E-state index is 12.7. The lowest BCUT2D eigenvalue weighted by Gasteiger charge is -2.19. The Morgan fingerprint density at radius 3 is 3.00 bits per heavy atom. The lowest BCUT2D eigenvalue weighted by atomic mass is 9.97. The Hall–Kier alpha value is -2.62. The van der Waals surface area contributed by atoms with E-state index in [2.05, 4.69) is 53.3 Å². The maximum atomic E-state index is 12.7. The molecule has 25 heavy (non-hydrogen) atoms. The molecule has 128 valence electrons. The summed E-state index contributed by atoms with van der Waals surface area (Å²) in [4.78, 5) is 22.4. The van der Waals surface area contributed by atoms with E-state index in [1.165, 1.54) is 16.7 Å². The molecule has 0 aliphatic heterocycles. The van der Waals surface area contributed by atoms with Gasteiger partial charge in [-0.25, -0.2) is 4.98 Å². The van der Waals surface area contributed by atoms with Crippen molar-refractivity contribution in [1.29, 1.82) is 0 Å². The molecule has 1 aliphatic carbocycles. The number of amides is 1. The van der Waals surface area contributed by atoms with Gasteiger partial charge in [0.1, 0.15) is 5.82 Å². The van der Waals surface area contributed by atoms with Crippen LogP contribution >= 0.6 is 0 Å². The van der Waals surface area contributed by atoms with Gasteiger partial charge in [0.25, 0.3) is 0 Å². The number of carbonyl (C=O) groups excluding carboxylic acids is 1. The average molecular weight is 333 g/mol. The van der Waals surface area contributed by atoms with E-state index in [4.69, 9.17) is 0 Å². The molecular formula is C21H23N3O. The molecule has 0 fully saturated rings. The van der Waals surface area contributed by atoms with E-state index in [1.54, 1.807) is 4.90 Å². The Morgan fingerprint density at radius 2 is 2.12 bits per heavy atom. The number of nitrogens with one attached hydrogen (secondary N) is 1. The van der Waals surface area contributed by atoms with E-state index < -0.39 is 0 Å². The van der Waals surface area contributed by atoms with Crippen LogP contribution in [0.25, 0.3) is 11.0 Å². The van der Waals surface area contributed by atoms with E-state index in [9.17, 15) is 4.79 Å². The summed E-state index contributed by atoms with van der Waals surface area (Å²) in [6.07, 6.45) is 2.73. The van der Waals surface area contributed by atoms with Gasteiger partial charge in [0, 0.05) is 13.5 Å². The van der Waals surface area contributed by atoms with E-state index >= 15 is 0 Å². The molecule has 0 spiro atoms. The standard InChI is InChI=1S/C21H23N3O/c1-14-7-10-18-19(11-14)23-20(22-18)13-24(2)21(25)12-16-9-8-15-5-3-4-6-17(15)16/h3-7,10-11,16H,8-9,12-13H2,1-2H3,(H,22,23)/t16-/m1/s1. The summed E-state index contributed by atoms with van der Waals surface area (Å²) in [5, 5.41) is 0. The summed E-state index contributed by atoms with van der Waals surface area (Å²) in [6, 6.07) is 14.7. The third kappa shape index (κ3) is 3.16. The van der Waals surface area contributed by atoms with Gasteiger partial charge in [0.05, 0.1) is 17.6 Å². The van der Waals surface area contributed by atoms with Crippen LogP contribution < -0.4 is 0 Å². The minimum Gasteiger partial charge on any atom is -0.340 e. The maximum Gasteiger partial charge on any atom is 0.223 e. The summed E-state index contributed by atoms with van der Waals surface area (Å²) < 4.78 is 0. The quantitative estimate of drug-likeness (QED) is 0.786. The summed E-state index contributed by atoms with van der Waals surface area (Å²) in [5.74, 6) is 1.37. The van der Waals surface area contributed by atoms with Crippen LogP contribution in [0.2, 0.25) is 0 Å². The van der Waals surface area contributed by atoms with Crippen molar-refractivity contribution in [2.24, 2.45) is 0 Å². The molecule has 1 aliphatic rings.